The number of carbonyl (C=O) groups excluding carboxylic acids is 2. The second kappa shape index (κ2) is 11.1. The molecule has 2 aliphatic heterocycles. The van der Waals surface area contributed by atoms with Crippen molar-refractivity contribution in [3.63, 3.8) is 0 Å². The molecule has 0 N–H and O–H groups in total. The number of likely N-dealkylation sites (tertiary alicyclic amines) is 1. The van der Waals surface area contributed by atoms with E-state index in [4.69, 9.17) is 4.43 Å². The summed E-state index contributed by atoms with van der Waals surface area (Å²) in [5, 5.41) is -0.0295. The predicted molar refractivity (Wildman–Crippen MR) is 166 cm³/mol. The molecular formula is C34H43N3O3Si. The Hall–Kier alpha value is -3.42. The van der Waals surface area contributed by atoms with Crippen molar-refractivity contribution in [2.24, 2.45) is 0 Å². The highest BCUT2D eigenvalue weighted by atomic mass is 28.4. The van der Waals surface area contributed by atoms with Gasteiger partial charge in [-0.3, -0.25) is 4.79 Å². The first kappa shape index (κ1) is 29.1. The molecule has 5 rings (SSSR count). The van der Waals surface area contributed by atoms with Gasteiger partial charge in [0, 0.05) is 13.6 Å². The molecule has 0 aromatic heterocycles. The number of hydrogen-bond donors (Lipinski definition) is 0. The SMILES string of the molecule is C[C@H]1[C@@H](c2ccccc2)N([C@H]2C(=O)N(Cc3ccccc3)[C@H]2[C@@H](O[Si](C)(C)C(C)(C)C)c2ccccc2)C(=O)N1C. The fourth-order valence-corrected chi connectivity index (χ4v) is 7.16. The van der Waals surface area contributed by atoms with Crippen LogP contribution in [0, 0.1) is 0 Å². The summed E-state index contributed by atoms with van der Waals surface area (Å²) < 4.78 is 7.22. The number of amides is 3. The quantitative estimate of drug-likeness (QED) is 0.216. The third kappa shape index (κ3) is 5.33. The average molecular weight is 570 g/mol. The van der Waals surface area contributed by atoms with E-state index in [9.17, 15) is 9.59 Å². The largest absolute Gasteiger partial charge is 0.408 e. The van der Waals surface area contributed by atoms with Crippen LogP contribution >= 0.6 is 0 Å². The van der Waals surface area contributed by atoms with E-state index in [2.05, 4.69) is 65.1 Å². The lowest BCUT2D eigenvalue weighted by molar-refractivity contribution is -0.167. The summed E-state index contributed by atoms with van der Waals surface area (Å²) in [5.41, 5.74) is 3.12. The van der Waals surface area contributed by atoms with Gasteiger partial charge in [0.15, 0.2) is 8.32 Å². The van der Waals surface area contributed by atoms with Crippen LogP contribution in [0.25, 0.3) is 0 Å². The van der Waals surface area contributed by atoms with Gasteiger partial charge >= 0.3 is 6.03 Å². The summed E-state index contributed by atoms with van der Waals surface area (Å²) in [4.78, 5) is 33.8. The third-order valence-electron chi connectivity index (χ3n) is 9.41. The molecule has 2 saturated heterocycles. The van der Waals surface area contributed by atoms with Crippen LogP contribution in [-0.4, -0.2) is 60.1 Å². The van der Waals surface area contributed by atoms with Crippen LogP contribution in [-0.2, 0) is 15.8 Å². The number of carbonyl (C=O) groups is 2. The van der Waals surface area contributed by atoms with Crippen LogP contribution in [0.4, 0.5) is 4.79 Å². The van der Waals surface area contributed by atoms with E-state index < -0.39 is 14.4 Å². The highest BCUT2D eigenvalue weighted by Crippen LogP contribution is 2.48. The van der Waals surface area contributed by atoms with E-state index in [1.54, 1.807) is 4.90 Å². The van der Waals surface area contributed by atoms with Crippen LogP contribution in [0.1, 0.15) is 56.5 Å². The van der Waals surface area contributed by atoms with Gasteiger partial charge in [0.2, 0.25) is 5.91 Å². The molecule has 0 spiro atoms. The van der Waals surface area contributed by atoms with Crippen molar-refractivity contribution in [3.8, 4) is 0 Å². The molecule has 3 aromatic rings. The van der Waals surface area contributed by atoms with E-state index in [1.807, 2.05) is 83.6 Å². The molecule has 0 aliphatic carbocycles. The number of hydrogen-bond acceptors (Lipinski definition) is 3. The molecule has 3 amide bonds. The molecule has 6 nitrogen and oxygen atoms in total. The van der Waals surface area contributed by atoms with Gasteiger partial charge < -0.3 is 19.1 Å². The Morgan fingerprint density at radius 3 is 1.93 bits per heavy atom. The minimum absolute atomic E-state index is 0.0295. The molecular weight excluding hydrogens is 526 g/mol. The van der Waals surface area contributed by atoms with Crippen molar-refractivity contribution in [2.45, 2.75) is 82.6 Å². The van der Waals surface area contributed by atoms with E-state index >= 15 is 0 Å². The highest BCUT2D eigenvalue weighted by Gasteiger charge is 2.61. The van der Waals surface area contributed by atoms with Crippen LogP contribution in [0.2, 0.25) is 18.1 Å². The molecule has 2 fully saturated rings. The van der Waals surface area contributed by atoms with E-state index in [0.29, 0.717) is 6.54 Å². The first-order valence-electron chi connectivity index (χ1n) is 14.6. The van der Waals surface area contributed by atoms with Crippen LogP contribution < -0.4 is 0 Å². The standard InChI is InChI=1S/C34H43N3O3Si/c1-24-28(26-19-13-9-14-20-26)37(33(39)35(24)5)30-29(36(32(30)38)23-25-17-11-8-12-18-25)31(27-21-15-10-16-22-27)40-41(6,7)34(2,3)4/h8-22,24,28-31H,23H2,1-7H3/t24-,28-,29+,30+,31-/m0/s1. The van der Waals surface area contributed by atoms with Gasteiger partial charge in [-0.15, -0.1) is 0 Å². The Morgan fingerprint density at radius 1 is 0.829 bits per heavy atom. The van der Waals surface area contributed by atoms with Crippen LogP contribution in [0.3, 0.4) is 0 Å². The fourth-order valence-electron chi connectivity index (χ4n) is 5.90. The zero-order valence-electron chi connectivity index (χ0n) is 25.3. The topological polar surface area (TPSA) is 53.1 Å². The highest BCUT2D eigenvalue weighted by molar-refractivity contribution is 6.74. The van der Waals surface area contributed by atoms with Gasteiger partial charge in [-0.05, 0) is 41.7 Å². The zero-order chi connectivity index (χ0) is 29.5. The molecule has 5 atom stereocenters. The summed E-state index contributed by atoms with van der Waals surface area (Å²) in [6, 6.07) is 29.0. The molecule has 0 unspecified atom stereocenters. The Morgan fingerprint density at radius 2 is 1.37 bits per heavy atom. The first-order chi connectivity index (χ1) is 19.4. The van der Waals surface area contributed by atoms with Crippen molar-refractivity contribution >= 4 is 20.3 Å². The maximum atomic E-state index is 14.3. The normalized spacial score (nSPS) is 24.0. The fraction of sp³-hybridized carbons (Fsp3) is 0.412. The van der Waals surface area contributed by atoms with Gasteiger partial charge in [0.1, 0.15) is 6.04 Å². The lowest BCUT2D eigenvalue weighted by Crippen LogP contribution is -2.73. The maximum Gasteiger partial charge on any atom is 0.321 e. The molecule has 0 radical (unpaired) electrons. The van der Waals surface area contributed by atoms with Crippen molar-refractivity contribution < 1.29 is 14.0 Å². The second-order valence-corrected chi connectivity index (χ2v) is 17.7. The van der Waals surface area contributed by atoms with Gasteiger partial charge in [0.05, 0.1) is 24.2 Å². The summed E-state index contributed by atoms with van der Waals surface area (Å²) in [7, 11) is -0.449. The van der Waals surface area contributed by atoms with Gasteiger partial charge in [-0.25, -0.2) is 4.79 Å². The number of nitrogens with zero attached hydrogens (tertiary/aromatic N) is 3. The average Bonchev–Trinajstić information content (AvgIpc) is 3.17. The Balaban J connectivity index is 1.63. The molecule has 0 bridgehead atoms. The number of likely N-dealkylation sites (N-methyl/N-ethyl adjacent to an activating group) is 1. The molecule has 3 aromatic carbocycles. The maximum absolute atomic E-state index is 14.3. The summed E-state index contributed by atoms with van der Waals surface area (Å²) in [5.74, 6) is -0.0320. The number of rotatable bonds is 8. The summed E-state index contributed by atoms with van der Waals surface area (Å²) in [6.45, 7) is 13.7. The lowest BCUT2D eigenvalue weighted by atomic mass is 9.83. The number of urea groups is 1. The van der Waals surface area contributed by atoms with Crippen molar-refractivity contribution in [2.75, 3.05) is 7.05 Å². The monoisotopic (exact) mass is 569 g/mol. The minimum Gasteiger partial charge on any atom is -0.408 e. The van der Waals surface area contributed by atoms with Crippen molar-refractivity contribution in [1.29, 1.82) is 0 Å². The third-order valence-corrected chi connectivity index (χ3v) is 13.9. The van der Waals surface area contributed by atoms with Gasteiger partial charge in [-0.2, -0.15) is 0 Å². The smallest absolute Gasteiger partial charge is 0.321 e. The number of benzene rings is 3. The van der Waals surface area contributed by atoms with Gasteiger partial charge in [-0.1, -0.05) is 112 Å². The van der Waals surface area contributed by atoms with E-state index in [1.165, 1.54) is 0 Å². The van der Waals surface area contributed by atoms with Crippen molar-refractivity contribution in [1.82, 2.24) is 14.7 Å². The Labute approximate surface area is 246 Å². The zero-order valence-corrected chi connectivity index (χ0v) is 26.3. The van der Waals surface area contributed by atoms with Crippen LogP contribution in [0.15, 0.2) is 91.0 Å². The number of β-lactam (4-membered cyclic amide) rings is 1. The minimum atomic E-state index is -2.29. The lowest BCUT2D eigenvalue weighted by Gasteiger charge is -2.55. The Bertz CT molecular complexity index is 1360. The summed E-state index contributed by atoms with van der Waals surface area (Å²) >= 11 is 0. The molecule has 216 valence electrons. The van der Waals surface area contributed by atoms with Gasteiger partial charge in [0.25, 0.3) is 0 Å². The van der Waals surface area contributed by atoms with Crippen LogP contribution in [0.5, 0.6) is 0 Å². The Kier molecular flexibility index (Phi) is 7.87. The molecule has 41 heavy (non-hydrogen) atoms. The van der Waals surface area contributed by atoms with E-state index in [-0.39, 0.29) is 41.2 Å². The second-order valence-electron chi connectivity index (χ2n) is 13.0. The molecule has 2 aliphatic rings. The van der Waals surface area contributed by atoms with Crippen molar-refractivity contribution in [3.05, 3.63) is 108 Å². The molecule has 7 heteroatoms. The first-order valence-corrected chi connectivity index (χ1v) is 17.5. The molecule has 2 heterocycles. The molecule has 0 saturated carbocycles. The summed E-state index contributed by atoms with van der Waals surface area (Å²) in [6.07, 6.45) is -0.381. The van der Waals surface area contributed by atoms with E-state index in [0.717, 1.165) is 16.7 Å². The predicted octanol–water partition coefficient (Wildman–Crippen LogP) is 7.03.